The van der Waals surface area contributed by atoms with E-state index in [4.69, 9.17) is 5.73 Å². The summed E-state index contributed by atoms with van der Waals surface area (Å²) in [6.45, 7) is 4.10. The van der Waals surface area contributed by atoms with Crippen LogP contribution >= 0.6 is 34.4 Å². The van der Waals surface area contributed by atoms with Crippen molar-refractivity contribution in [1.29, 1.82) is 0 Å². The predicted octanol–water partition coefficient (Wildman–Crippen LogP) is 3.48. The van der Waals surface area contributed by atoms with Crippen LogP contribution in [0.25, 0.3) is 0 Å². The first-order valence-corrected chi connectivity index (χ1v) is 8.04. The van der Waals surface area contributed by atoms with Gasteiger partial charge in [0.2, 0.25) is 0 Å². The summed E-state index contributed by atoms with van der Waals surface area (Å²) < 4.78 is 1.00. The van der Waals surface area contributed by atoms with Gasteiger partial charge in [-0.05, 0) is 24.8 Å². The van der Waals surface area contributed by atoms with Crippen molar-refractivity contribution in [3.8, 4) is 0 Å². The van der Waals surface area contributed by atoms with E-state index in [2.05, 4.69) is 34.6 Å². The number of thioether (sulfide) groups is 1. The van der Waals surface area contributed by atoms with Gasteiger partial charge in [0.25, 0.3) is 0 Å². The van der Waals surface area contributed by atoms with Gasteiger partial charge in [-0.25, -0.2) is 0 Å². The molecule has 0 fully saturated rings. The summed E-state index contributed by atoms with van der Waals surface area (Å²) in [4.78, 5) is 1.32. The Morgan fingerprint density at radius 1 is 1.47 bits per heavy atom. The molecule has 0 radical (unpaired) electrons. The Labute approximate surface area is 113 Å². The molecule has 0 bridgehead atoms. The maximum Gasteiger partial charge on any atom is 0.174 e. The molecule has 17 heavy (non-hydrogen) atoms. The molecule has 0 aliphatic rings. The number of hydrogen-bond acceptors (Lipinski definition) is 6. The molecule has 0 aliphatic carbocycles. The van der Waals surface area contributed by atoms with Gasteiger partial charge in [0.1, 0.15) is 5.01 Å². The molecule has 6 heteroatoms. The Hall–Kier alpha value is -0.430. The molecule has 3 nitrogen and oxygen atoms in total. The number of aryl methyl sites for hydroxylation is 1. The molecule has 2 heterocycles. The second-order valence-electron chi connectivity index (χ2n) is 3.71. The number of rotatable bonds is 5. The molecule has 0 saturated carbocycles. The highest BCUT2D eigenvalue weighted by Gasteiger charge is 2.22. The highest BCUT2D eigenvalue weighted by atomic mass is 32.2. The smallest absolute Gasteiger partial charge is 0.174 e. The van der Waals surface area contributed by atoms with E-state index in [1.807, 2.05) is 6.92 Å². The van der Waals surface area contributed by atoms with E-state index in [9.17, 15) is 0 Å². The third-order valence-corrected chi connectivity index (χ3v) is 5.84. The summed E-state index contributed by atoms with van der Waals surface area (Å²) in [7, 11) is 0. The topological polar surface area (TPSA) is 51.8 Å². The number of nitrogens with zero attached hydrogens (tertiary/aromatic N) is 2. The van der Waals surface area contributed by atoms with E-state index in [-0.39, 0.29) is 11.3 Å². The Morgan fingerprint density at radius 3 is 2.82 bits per heavy atom. The van der Waals surface area contributed by atoms with Crippen molar-refractivity contribution in [2.75, 3.05) is 0 Å². The fraction of sp³-hybridized carbons (Fsp3) is 0.455. The van der Waals surface area contributed by atoms with Crippen LogP contribution < -0.4 is 5.73 Å². The molecule has 2 aromatic rings. The molecule has 2 atom stereocenters. The zero-order valence-corrected chi connectivity index (χ0v) is 12.2. The minimum atomic E-state index is 0.155. The van der Waals surface area contributed by atoms with E-state index >= 15 is 0 Å². The second-order valence-corrected chi connectivity index (χ2v) is 7.26. The first-order valence-electron chi connectivity index (χ1n) is 5.46. The van der Waals surface area contributed by atoms with Gasteiger partial charge in [0.05, 0.1) is 5.25 Å². The highest BCUT2D eigenvalue weighted by molar-refractivity contribution is 8.01. The molecule has 0 aromatic carbocycles. The van der Waals surface area contributed by atoms with Crippen LogP contribution in [0.1, 0.15) is 28.5 Å². The van der Waals surface area contributed by atoms with Crippen molar-refractivity contribution in [1.82, 2.24) is 10.2 Å². The van der Waals surface area contributed by atoms with Gasteiger partial charge in [-0.1, -0.05) is 36.1 Å². The Kier molecular flexibility index (Phi) is 4.55. The summed E-state index contributed by atoms with van der Waals surface area (Å²) in [5.41, 5.74) is 6.21. The third kappa shape index (κ3) is 3.28. The normalized spacial score (nSPS) is 14.8. The average Bonchev–Trinajstić information content (AvgIpc) is 2.96. The molecule has 0 aliphatic heterocycles. The first kappa shape index (κ1) is 13.0. The van der Waals surface area contributed by atoms with Crippen LogP contribution in [0.15, 0.2) is 21.9 Å². The minimum Gasteiger partial charge on any atom is -0.326 e. The third-order valence-electron chi connectivity index (χ3n) is 2.42. The Balaban J connectivity index is 2.17. The summed E-state index contributed by atoms with van der Waals surface area (Å²) in [5.74, 6) is 0. The van der Waals surface area contributed by atoms with Crippen molar-refractivity contribution < 1.29 is 0 Å². The molecule has 92 valence electrons. The lowest BCUT2D eigenvalue weighted by Gasteiger charge is -2.19. The standard InChI is InChI=1S/C11H15N3S3/c1-3-8(12)10(9-5-4-6-15-9)17-11-14-13-7(2)16-11/h4-6,8,10H,3,12H2,1-2H3. The van der Waals surface area contributed by atoms with E-state index in [1.165, 1.54) is 4.88 Å². The molecule has 0 saturated heterocycles. The van der Waals surface area contributed by atoms with E-state index in [0.717, 1.165) is 15.8 Å². The van der Waals surface area contributed by atoms with Gasteiger partial charge in [0.15, 0.2) is 4.34 Å². The number of hydrogen-bond donors (Lipinski definition) is 1. The lowest BCUT2D eigenvalue weighted by molar-refractivity contribution is 0.639. The summed E-state index contributed by atoms with van der Waals surface area (Å²) in [6.07, 6.45) is 0.966. The molecule has 2 N–H and O–H groups in total. The zero-order chi connectivity index (χ0) is 12.3. The van der Waals surface area contributed by atoms with Crippen LogP contribution in [0, 0.1) is 6.92 Å². The first-order chi connectivity index (χ1) is 8.20. The van der Waals surface area contributed by atoms with Crippen LogP contribution in [0.3, 0.4) is 0 Å². The van der Waals surface area contributed by atoms with Crippen LogP contribution in [0.5, 0.6) is 0 Å². The van der Waals surface area contributed by atoms with Gasteiger partial charge in [-0.2, -0.15) is 0 Å². The van der Waals surface area contributed by atoms with Crippen LogP contribution in [-0.4, -0.2) is 16.2 Å². The fourth-order valence-corrected chi connectivity index (χ4v) is 4.70. The van der Waals surface area contributed by atoms with Crippen LogP contribution in [0.4, 0.5) is 0 Å². The molecule has 2 aromatic heterocycles. The SMILES string of the molecule is CCC(N)C(Sc1nnc(C)s1)c1cccs1. The lowest BCUT2D eigenvalue weighted by Crippen LogP contribution is -2.25. The molecular weight excluding hydrogens is 270 g/mol. The number of nitrogens with two attached hydrogens (primary N) is 1. The Morgan fingerprint density at radius 2 is 2.29 bits per heavy atom. The summed E-state index contributed by atoms with van der Waals surface area (Å²) in [5, 5.41) is 11.6. The molecular formula is C11H15N3S3. The van der Waals surface area contributed by atoms with Crippen molar-refractivity contribution >= 4 is 34.4 Å². The van der Waals surface area contributed by atoms with E-state index in [1.54, 1.807) is 34.4 Å². The highest BCUT2D eigenvalue weighted by Crippen LogP contribution is 2.40. The van der Waals surface area contributed by atoms with Gasteiger partial charge >= 0.3 is 0 Å². The largest absolute Gasteiger partial charge is 0.326 e. The van der Waals surface area contributed by atoms with Crippen LogP contribution in [-0.2, 0) is 0 Å². The van der Waals surface area contributed by atoms with Crippen molar-refractivity contribution in [2.45, 2.75) is 35.9 Å². The summed E-state index contributed by atoms with van der Waals surface area (Å²) in [6, 6.07) is 4.37. The average molecular weight is 285 g/mol. The lowest BCUT2D eigenvalue weighted by atomic mass is 10.1. The minimum absolute atomic E-state index is 0.155. The van der Waals surface area contributed by atoms with Crippen molar-refractivity contribution in [3.63, 3.8) is 0 Å². The van der Waals surface area contributed by atoms with Crippen LogP contribution in [0.2, 0.25) is 0 Å². The van der Waals surface area contributed by atoms with Gasteiger partial charge in [-0.3, -0.25) is 0 Å². The molecule has 2 rings (SSSR count). The monoisotopic (exact) mass is 285 g/mol. The van der Waals surface area contributed by atoms with E-state index < -0.39 is 0 Å². The maximum atomic E-state index is 6.21. The fourth-order valence-electron chi connectivity index (χ4n) is 1.46. The molecule has 0 amide bonds. The van der Waals surface area contributed by atoms with Crippen molar-refractivity contribution in [2.24, 2.45) is 5.73 Å². The van der Waals surface area contributed by atoms with E-state index in [0.29, 0.717) is 0 Å². The quantitative estimate of drug-likeness (QED) is 0.855. The molecule has 2 unspecified atom stereocenters. The second kappa shape index (κ2) is 5.95. The number of thiophene rings is 1. The van der Waals surface area contributed by atoms with Crippen molar-refractivity contribution in [3.05, 3.63) is 27.4 Å². The predicted molar refractivity (Wildman–Crippen MR) is 75.8 cm³/mol. The Bertz CT molecular complexity index is 452. The molecule has 0 spiro atoms. The van der Waals surface area contributed by atoms with Gasteiger partial charge in [0, 0.05) is 10.9 Å². The number of aromatic nitrogens is 2. The maximum absolute atomic E-state index is 6.21. The summed E-state index contributed by atoms with van der Waals surface area (Å²) >= 11 is 5.12. The van der Waals surface area contributed by atoms with Gasteiger partial charge < -0.3 is 5.73 Å². The zero-order valence-electron chi connectivity index (χ0n) is 9.79. The van der Waals surface area contributed by atoms with Gasteiger partial charge in [-0.15, -0.1) is 21.5 Å².